The molecule has 8 bridgehead atoms. The van der Waals surface area contributed by atoms with Crippen LogP contribution in [0.25, 0.3) is 89.7 Å². The second kappa shape index (κ2) is 23.8. The van der Waals surface area contributed by atoms with Crippen LogP contribution in [0.15, 0.2) is 48.5 Å². The number of hydrogen-bond donors (Lipinski definition) is 2. The molecule has 74 heavy (non-hydrogen) atoms. The number of aromatic amines is 2. The maximum atomic E-state index is 6.49. The van der Waals surface area contributed by atoms with Gasteiger partial charge >= 0.3 is 0 Å². The van der Waals surface area contributed by atoms with Gasteiger partial charge in [0, 0.05) is 54.9 Å². The maximum absolute atomic E-state index is 6.49. The summed E-state index contributed by atoms with van der Waals surface area (Å²) in [6, 6.07) is 15.6. The molecule has 9 rings (SSSR count). The van der Waals surface area contributed by atoms with Gasteiger partial charge in [-0.3, -0.25) is 0 Å². The first-order valence-electron chi connectivity index (χ1n) is 26.6. The van der Waals surface area contributed by atoms with Gasteiger partial charge in [0.1, 0.15) is 22.6 Å². The van der Waals surface area contributed by atoms with Crippen molar-refractivity contribution in [2.24, 2.45) is 0 Å². The zero-order valence-corrected chi connectivity index (χ0v) is 43.6. The summed E-state index contributed by atoms with van der Waals surface area (Å²) in [5.41, 5.74) is 5.79. The highest BCUT2D eigenvalue weighted by Gasteiger charge is 2.28. The van der Waals surface area contributed by atoms with Crippen molar-refractivity contribution in [1.82, 2.24) is 39.9 Å². The van der Waals surface area contributed by atoms with Crippen molar-refractivity contribution in [3.8, 4) is 105 Å². The highest BCUT2D eigenvalue weighted by atomic mass is 16.5. The minimum Gasteiger partial charge on any atom is -0.490 e. The molecule has 0 radical (unpaired) electrons. The highest BCUT2D eigenvalue weighted by molar-refractivity contribution is 6.09. The third-order valence-corrected chi connectivity index (χ3v) is 13.0. The summed E-state index contributed by atoms with van der Waals surface area (Å²) in [6.07, 6.45) is 23.3. The molecule has 4 aromatic carbocycles. The average molecular weight is 995 g/mol. The molecule has 0 spiro atoms. The van der Waals surface area contributed by atoms with Crippen LogP contribution < -0.4 is 28.4 Å². The van der Waals surface area contributed by atoms with Gasteiger partial charge in [0.15, 0.2) is 57.8 Å². The average Bonchev–Trinajstić information content (AvgIpc) is 4.13. The fourth-order valence-electron chi connectivity index (χ4n) is 8.73. The minimum absolute atomic E-state index is 0.349. The lowest BCUT2D eigenvalue weighted by atomic mass is 9.99. The summed E-state index contributed by atoms with van der Waals surface area (Å²) in [5, 5.41) is 3.01. The van der Waals surface area contributed by atoms with Crippen molar-refractivity contribution in [3.05, 3.63) is 59.7 Å². The zero-order valence-electron chi connectivity index (χ0n) is 43.6. The van der Waals surface area contributed by atoms with Crippen LogP contribution in [-0.2, 0) is 0 Å². The molecule has 14 heteroatoms. The SMILES string of the molecule is C#Cc1cc2c(cc1C#C)-c1nc-2nc2nc(nc3[nH]c(nc4[nH]c(n1)c1cc(OCCCC)c(OCCCC)cc41)c1cc(OCCCC)c(OCCCC)cc31)-c1cc(OCCCC)c(OCCCC)cc1-2. The molecule has 2 aliphatic rings. The topological polar surface area (TPSA) is 164 Å². The van der Waals surface area contributed by atoms with Crippen molar-refractivity contribution in [1.29, 1.82) is 0 Å². The lowest BCUT2D eigenvalue weighted by molar-refractivity contribution is 0.262. The Morgan fingerprint density at radius 3 is 0.851 bits per heavy atom. The van der Waals surface area contributed by atoms with Crippen molar-refractivity contribution < 1.29 is 28.4 Å². The molecule has 0 fully saturated rings. The Morgan fingerprint density at radius 1 is 0.338 bits per heavy atom. The third kappa shape index (κ3) is 10.8. The number of H-pyrrole nitrogens is 2. The fourth-order valence-corrected chi connectivity index (χ4v) is 8.73. The molecular weight excluding hydrogens is 929 g/mol. The highest BCUT2D eigenvalue weighted by Crippen LogP contribution is 2.45. The van der Waals surface area contributed by atoms with Crippen molar-refractivity contribution >= 4 is 44.1 Å². The van der Waals surface area contributed by atoms with Crippen LogP contribution in [0.1, 0.15) is 130 Å². The maximum Gasteiger partial charge on any atom is 0.164 e. The number of hydrogen-bond acceptors (Lipinski definition) is 12. The molecule has 0 amide bonds. The number of aromatic nitrogens is 8. The second-order valence-corrected chi connectivity index (χ2v) is 18.6. The van der Waals surface area contributed by atoms with Crippen LogP contribution >= 0.6 is 0 Å². The molecule has 3 aromatic heterocycles. The summed E-state index contributed by atoms with van der Waals surface area (Å²) in [4.78, 5) is 38.9. The molecule has 14 nitrogen and oxygen atoms in total. The summed E-state index contributed by atoms with van der Waals surface area (Å²) in [6.45, 7) is 16.0. The Balaban J connectivity index is 1.42. The van der Waals surface area contributed by atoms with E-state index in [0.717, 1.165) is 98.6 Å². The van der Waals surface area contributed by atoms with Gasteiger partial charge < -0.3 is 38.4 Å². The molecule has 2 N–H and O–H groups in total. The van der Waals surface area contributed by atoms with Crippen LogP contribution in [-0.4, -0.2) is 79.5 Å². The summed E-state index contributed by atoms with van der Waals surface area (Å²) >= 11 is 0. The molecule has 0 atom stereocenters. The van der Waals surface area contributed by atoms with Crippen molar-refractivity contribution in [3.63, 3.8) is 0 Å². The van der Waals surface area contributed by atoms with Gasteiger partial charge in [-0.1, -0.05) is 91.9 Å². The van der Waals surface area contributed by atoms with Gasteiger partial charge in [-0.05, 0) is 87.1 Å². The van der Waals surface area contributed by atoms with Gasteiger partial charge in [-0.15, -0.1) is 12.8 Å². The Morgan fingerprint density at radius 2 is 0.581 bits per heavy atom. The number of nitrogens with zero attached hydrogens (tertiary/aromatic N) is 6. The monoisotopic (exact) mass is 995 g/mol. The number of fused-ring (bicyclic) bond motifs is 20. The van der Waals surface area contributed by atoms with E-state index in [-0.39, 0.29) is 0 Å². The van der Waals surface area contributed by atoms with E-state index >= 15 is 0 Å². The predicted molar refractivity (Wildman–Crippen MR) is 294 cm³/mol. The van der Waals surface area contributed by atoms with E-state index in [4.69, 9.17) is 71.2 Å². The molecule has 2 aliphatic heterocycles. The lowest BCUT2D eigenvalue weighted by Crippen LogP contribution is -2.03. The molecule has 7 aromatic rings. The van der Waals surface area contributed by atoms with Gasteiger partial charge in [0.25, 0.3) is 0 Å². The summed E-state index contributed by atoms with van der Waals surface area (Å²) < 4.78 is 38.8. The fraction of sp³-hybridized carbons (Fsp3) is 0.400. The molecule has 0 saturated carbocycles. The van der Waals surface area contributed by atoms with Crippen LogP contribution in [0, 0.1) is 24.7 Å². The van der Waals surface area contributed by atoms with Crippen molar-refractivity contribution in [2.75, 3.05) is 39.6 Å². The van der Waals surface area contributed by atoms with E-state index < -0.39 is 0 Å². The van der Waals surface area contributed by atoms with Crippen LogP contribution in [0.2, 0.25) is 0 Å². The van der Waals surface area contributed by atoms with Crippen molar-refractivity contribution in [2.45, 2.75) is 119 Å². The number of rotatable bonds is 24. The number of benzene rings is 4. The minimum atomic E-state index is 0.349. The van der Waals surface area contributed by atoms with E-state index in [1.807, 2.05) is 48.5 Å². The van der Waals surface area contributed by atoms with Crippen LogP contribution in [0.3, 0.4) is 0 Å². The zero-order chi connectivity index (χ0) is 51.6. The second-order valence-electron chi connectivity index (χ2n) is 18.6. The Bertz CT molecular complexity index is 3440. The largest absolute Gasteiger partial charge is 0.490 e. The van der Waals surface area contributed by atoms with E-state index in [2.05, 4.69) is 63.4 Å². The van der Waals surface area contributed by atoms with Crippen LogP contribution in [0.4, 0.5) is 0 Å². The number of unbranched alkanes of at least 4 members (excludes halogenated alkanes) is 6. The lowest BCUT2D eigenvalue weighted by Gasteiger charge is -2.14. The standard InChI is InChI=1S/C60H66N8O6/c1-9-17-23-69-47-31-41-43(33-49(47)71-25-19-11-3)57-64-55(41)62-53-39-29-37(15-7)38(16-8)30-40(39)54(61-53)63-56-42-32-48(70-24-18-10-2)50(72-26-20-12-4)34-44(42)58(65-56)67-60-46-36-52(74-28-22-14-6)51(73-27-21-13-5)35-45(46)59(66-57)68-60/h7-8,29-36H,9-14,17-28H2,1-6H3,(H2,61,62,63,64,65,66,67,68). The number of terminal acetylenes is 2. The molecule has 0 aliphatic carbocycles. The van der Waals surface area contributed by atoms with Gasteiger partial charge in [-0.2, -0.15) is 0 Å². The number of ether oxygens (including phenoxy) is 6. The van der Waals surface area contributed by atoms with Gasteiger partial charge in [-0.25, -0.2) is 29.9 Å². The van der Waals surface area contributed by atoms with E-state index in [0.29, 0.717) is 153 Å². The molecule has 5 heterocycles. The van der Waals surface area contributed by atoms with Crippen LogP contribution in [0.5, 0.6) is 34.5 Å². The smallest absolute Gasteiger partial charge is 0.164 e. The summed E-state index contributed by atoms with van der Waals surface area (Å²) in [5.74, 6) is 10.7. The quantitative estimate of drug-likeness (QED) is 0.0435. The normalized spacial score (nSPS) is 11.5. The predicted octanol–water partition coefficient (Wildman–Crippen LogP) is 13.9. The molecule has 0 unspecified atom stereocenters. The van der Waals surface area contributed by atoms with E-state index in [9.17, 15) is 0 Å². The van der Waals surface area contributed by atoms with Gasteiger partial charge in [0.05, 0.1) is 39.6 Å². The Labute approximate surface area is 433 Å². The van der Waals surface area contributed by atoms with Gasteiger partial charge in [0.2, 0.25) is 0 Å². The molecule has 382 valence electrons. The van der Waals surface area contributed by atoms with E-state index in [1.165, 1.54) is 0 Å². The first-order chi connectivity index (χ1) is 36.3. The Hall–Kier alpha value is -7.84. The first kappa shape index (κ1) is 51.1. The Kier molecular flexibility index (Phi) is 16.4. The molecule has 0 saturated heterocycles. The third-order valence-electron chi connectivity index (χ3n) is 13.0. The molecular formula is C60H66N8O6. The van der Waals surface area contributed by atoms with E-state index in [1.54, 1.807) is 0 Å². The number of nitrogens with one attached hydrogen (secondary N) is 2. The summed E-state index contributed by atoms with van der Waals surface area (Å²) in [7, 11) is 0. The first-order valence-corrected chi connectivity index (χ1v) is 26.6.